The van der Waals surface area contributed by atoms with Gasteiger partial charge in [0.05, 0.1) is 19.9 Å². The molecule has 128 valence electrons. The summed E-state index contributed by atoms with van der Waals surface area (Å²) in [5.74, 6) is 1.01. The average Bonchev–Trinajstić information content (AvgIpc) is 2.61. The first-order valence-corrected chi connectivity index (χ1v) is 7.59. The van der Waals surface area contributed by atoms with E-state index < -0.39 is 0 Å². The summed E-state index contributed by atoms with van der Waals surface area (Å²) in [6.07, 6.45) is 0.307. The second-order valence-corrected chi connectivity index (χ2v) is 5.15. The number of ether oxygens (including phenoxy) is 2. The molecule has 2 aromatic carbocycles. The van der Waals surface area contributed by atoms with Gasteiger partial charge in [0, 0.05) is 25.6 Å². The van der Waals surface area contributed by atoms with Crippen LogP contribution in [0.4, 0.5) is 10.1 Å². The van der Waals surface area contributed by atoms with Crippen LogP contribution in [0.25, 0.3) is 0 Å². The molecule has 0 aliphatic heterocycles. The molecule has 0 bridgehead atoms. The Hall–Kier alpha value is -2.76. The van der Waals surface area contributed by atoms with Gasteiger partial charge in [-0.05, 0) is 29.8 Å². The van der Waals surface area contributed by atoms with Crippen LogP contribution in [-0.4, -0.2) is 26.7 Å². The zero-order valence-electron chi connectivity index (χ0n) is 13.8. The fourth-order valence-electron chi connectivity index (χ4n) is 2.15. The van der Waals surface area contributed by atoms with Crippen LogP contribution in [0.15, 0.2) is 42.5 Å². The number of carbonyl (C=O) groups excluding carboxylic acids is 1. The topological polar surface area (TPSA) is 59.6 Å². The minimum absolute atomic E-state index is 0.0892. The van der Waals surface area contributed by atoms with E-state index in [1.54, 1.807) is 38.5 Å². The van der Waals surface area contributed by atoms with Crippen molar-refractivity contribution in [1.29, 1.82) is 0 Å². The van der Waals surface area contributed by atoms with Gasteiger partial charge in [-0.15, -0.1) is 0 Å². The van der Waals surface area contributed by atoms with Gasteiger partial charge in [0.15, 0.2) is 0 Å². The number of nitrogens with one attached hydrogen (secondary N) is 2. The highest BCUT2D eigenvalue weighted by atomic mass is 19.1. The van der Waals surface area contributed by atoms with Crippen molar-refractivity contribution in [2.24, 2.45) is 0 Å². The maximum Gasteiger partial charge on any atom is 0.222 e. The number of methoxy groups -OCH3 is 2. The zero-order chi connectivity index (χ0) is 17.4. The highest BCUT2D eigenvalue weighted by molar-refractivity contribution is 5.76. The summed E-state index contributed by atoms with van der Waals surface area (Å²) in [5.41, 5.74) is 1.62. The average molecular weight is 332 g/mol. The number of benzene rings is 2. The fraction of sp³-hybridized carbons (Fsp3) is 0.278. The Balaban J connectivity index is 1.79. The van der Waals surface area contributed by atoms with Gasteiger partial charge in [-0.25, -0.2) is 4.39 Å². The predicted octanol–water partition coefficient (Wildman–Crippen LogP) is 2.96. The number of carbonyl (C=O) groups is 1. The zero-order valence-corrected chi connectivity index (χ0v) is 13.8. The van der Waals surface area contributed by atoms with Crippen LogP contribution in [-0.2, 0) is 11.3 Å². The van der Waals surface area contributed by atoms with Crippen molar-refractivity contribution in [3.63, 3.8) is 0 Å². The monoisotopic (exact) mass is 332 g/mol. The molecular weight excluding hydrogens is 311 g/mol. The van der Waals surface area contributed by atoms with Gasteiger partial charge in [0.1, 0.15) is 17.3 Å². The quantitative estimate of drug-likeness (QED) is 0.780. The van der Waals surface area contributed by atoms with Crippen molar-refractivity contribution in [3.8, 4) is 11.5 Å². The van der Waals surface area contributed by atoms with Gasteiger partial charge in [-0.2, -0.15) is 0 Å². The van der Waals surface area contributed by atoms with Gasteiger partial charge in [0.2, 0.25) is 5.91 Å². The predicted molar refractivity (Wildman–Crippen MR) is 90.9 cm³/mol. The Bertz CT molecular complexity index is 674. The van der Waals surface area contributed by atoms with E-state index in [9.17, 15) is 9.18 Å². The van der Waals surface area contributed by atoms with Crippen LogP contribution in [0.1, 0.15) is 12.0 Å². The molecule has 2 rings (SSSR count). The van der Waals surface area contributed by atoms with Crippen molar-refractivity contribution in [3.05, 3.63) is 53.8 Å². The third kappa shape index (κ3) is 5.15. The molecular formula is C18H21FN2O3. The smallest absolute Gasteiger partial charge is 0.222 e. The summed E-state index contributed by atoms with van der Waals surface area (Å²) in [7, 11) is 3.18. The lowest BCUT2D eigenvalue weighted by atomic mass is 10.2. The summed E-state index contributed by atoms with van der Waals surface area (Å²) in [4.78, 5) is 11.9. The lowest BCUT2D eigenvalue weighted by Gasteiger charge is -2.12. The first kappa shape index (κ1) is 17.6. The molecule has 0 aliphatic rings. The standard InChI is InChI=1S/C18H21FN2O3/c1-23-15-7-8-17(24-2)16(11-15)20-10-9-18(22)21-12-13-3-5-14(19)6-4-13/h3-8,11,20H,9-10,12H2,1-2H3,(H,21,22). The van der Waals surface area contributed by atoms with Crippen molar-refractivity contribution < 1.29 is 18.7 Å². The molecule has 0 saturated carbocycles. The van der Waals surface area contributed by atoms with Crippen LogP contribution >= 0.6 is 0 Å². The molecule has 0 heterocycles. The molecule has 1 amide bonds. The van der Waals surface area contributed by atoms with E-state index in [-0.39, 0.29) is 11.7 Å². The van der Waals surface area contributed by atoms with Crippen LogP contribution < -0.4 is 20.1 Å². The first-order valence-electron chi connectivity index (χ1n) is 7.59. The van der Waals surface area contributed by atoms with E-state index in [1.165, 1.54) is 12.1 Å². The largest absolute Gasteiger partial charge is 0.497 e. The van der Waals surface area contributed by atoms with Gasteiger partial charge in [-0.1, -0.05) is 12.1 Å². The normalized spacial score (nSPS) is 10.1. The van der Waals surface area contributed by atoms with Crippen LogP contribution in [0, 0.1) is 5.82 Å². The van der Waals surface area contributed by atoms with E-state index in [0.29, 0.717) is 31.0 Å². The Kier molecular flexibility index (Phi) is 6.42. The molecule has 24 heavy (non-hydrogen) atoms. The molecule has 0 aromatic heterocycles. The van der Waals surface area contributed by atoms with Gasteiger partial charge in [-0.3, -0.25) is 4.79 Å². The number of rotatable bonds is 8. The molecule has 0 unspecified atom stereocenters. The van der Waals surface area contributed by atoms with Crippen molar-refractivity contribution in [2.45, 2.75) is 13.0 Å². The maximum atomic E-state index is 12.8. The highest BCUT2D eigenvalue weighted by Gasteiger charge is 2.06. The third-order valence-corrected chi connectivity index (χ3v) is 3.48. The van der Waals surface area contributed by atoms with Crippen LogP contribution in [0.5, 0.6) is 11.5 Å². The molecule has 0 atom stereocenters. The van der Waals surface area contributed by atoms with E-state index in [2.05, 4.69) is 10.6 Å². The van der Waals surface area contributed by atoms with Crippen molar-refractivity contribution >= 4 is 11.6 Å². The minimum Gasteiger partial charge on any atom is -0.497 e. The van der Waals surface area contributed by atoms with Crippen molar-refractivity contribution in [2.75, 3.05) is 26.1 Å². The molecule has 0 aliphatic carbocycles. The first-order chi connectivity index (χ1) is 11.6. The second-order valence-electron chi connectivity index (χ2n) is 5.15. The summed E-state index contributed by atoms with van der Waals surface area (Å²) in [6.45, 7) is 0.834. The summed E-state index contributed by atoms with van der Waals surface area (Å²) in [6, 6.07) is 11.5. The van der Waals surface area contributed by atoms with E-state index in [0.717, 1.165) is 11.3 Å². The molecule has 2 aromatic rings. The number of amides is 1. The lowest BCUT2D eigenvalue weighted by molar-refractivity contribution is -0.121. The summed E-state index contributed by atoms with van der Waals surface area (Å²) in [5, 5.41) is 5.96. The number of anilines is 1. The second kappa shape index (κ2) is 8.76. The Morgan fingerprint density at radius 2 is 1.83 bits per heavy atom. The number of halogens is 1. The van der Waals surface area contributed by atoms with E-state index in [1.807, 2.05) is 6.07 Å². The molecule has 0 spiro atoms. The van der Waals surface area contributed by atoms with E-state index in [4.69, 9.17) is 9.47 Å². The van der Waals surface area contributed by atoms with E-state index >= 15 is 0 Å². The highest BCUT2D eigenvalue weighted by Crippen LogP contribution is 2.28. The molecule has 6 heteroatoms. The Labute approximate surface area is 140 Å². The summed E-state index contributed by atoms with van der Waals surface area (Å²) >= 11 is 0. The Morgan fingerprint density at radius 3 is 2.50 bits per heavy atom. The van der Waals surface area contributed by atoms with Crippen LogP contribution in [0.2, 0.25) is 0 Å². The fourth-order valence-corrected chi connectivity index (χ4v) is 2.15. The maximum absolute atomic E-state index is 12.8. The Morgan fingerprint density at radius 1 is 1.08 bits per heavy atom. The SMILES string of the molecule is COc1ccc(OC)c(NCCC(=O)NCc2ccc(F)cc2)c1. The number of hydrogen-bond acceptors (Lipinski definition) is 4. The minimum atomic E-state index is -0.290. The van der Waals surface area contributed by atoms with Crippen molar-refractivity contribution in [1.82, 2.24) is 5.32 Å². The van der Waals surface area contributed by atoms with Gasteiger partial charge in [0.25, 0.3) is 0 Å². The van der Waals surface area contributed by atoms with Crippen LogP contribution in [0.3, 0.4) is 0 Å². The van der Waals surface area contributed by atoms with Gasteiger partial charge < -0.3 is 20.1 Å². The molecule has 0 saturated heterocycles. The third-order valence-electron chi connectivity index (χ3n) is 3.48. The molecule has 5 nitrogen and oxygen atoms in total. The molecule has 2 N–H and O–H groups in total. The molecule has 0 radical (unpaired) electrons. The summed E-state index contributed by atoms with van der Waals surface area (Å²) < 4.78 is 23.3. The van der Waals surface area contributed by atoms with Gasteiger partial charge >= 0.3 is 0 Å². The lowest BCUT2D eigenvalue weighted by Crippen LogP contribution is -2.24. The number of hydrogen-bond donors (Lipinski definition) is 2. The molecule has 0 fully saturated rings.